The molecule has 0 fully saturated rings. The zero-order valence-electron chi connectivity index (χ0n) is 15.6. The van der Waals surface area contributed by atoms with Gasteiger partial charge in [0, 0.05) is 5.39 Å². The predicted octanol–water partition coefficient (Wildman–Crippen LogP) is 6.76. The van der Waals surface area contributed by atoms with E-state index in [1.807, 2.05) is 19.1 Å². The number of hydrogen-bond acceptors (Lipinski definition) is 2. The van der Waals surface area contributed by atoms with Gasteiger partial charge in [-0.05, 0) is 41.1 Å². The minimum absolute atomic E-state index is 0.00584. The number of halogens is 3. The lowest BCUT2D eigenvalue weighted by Crippen LogP contribution is -2.05. The molecule has 0 heterocycles. The molecule has 3 aromatic rings. The van der Waals surface area contributed by atoms with E-state index in [1.165, 1.54) is 6.07 Å². The second-order valence-electron chi connectivity index (χ2n) is 6.37. The van der Waals surface area contributed by atoms with Gasteiger partial charge < -0.3 is 9.47 Å². The van der Waals surface area contributed by atoms with E-state index in [0.717, 1.165) is 18.4 Å². The summed E-state index contributed by atoms with van der Waals surface area (Å²) < 4.78 is 51.4. The molecule has 2 nitrogen and oxygen atoms in total. The van der Waals surface area contributed by atoms with Gasteiger partial charge in [-0.3, -0.25) is 0 Å². The lowest BCUT2D eigenvalue weighted by molar-refractivity contribution is -0.0494. The average Bonchev–Trinajstić information content (AvgIpc) is 2.67. The molecule has 0 aromatic heterocycles. The van der Waals surface area contributed by atoms with E-state index in [2.05, 4.69) is 11.3 Å². The Morgan fingerprint density at radius 2 is 1.82 bits per heavy atom. The largest absolute Gasteiger partial charge is 0.490 e. The molecule has 0 aliphatic rings. The SMILES string of the molecule is C=CCOc1ccc(-c2c(OC(F)F)cc3cc(CCC)ccc3c2F)cc1. The van der Waals surface area contributed by atoms with Gasteiger partial charge in [0.25, 0.3) is 0 Å². The number of ether oxygens (including phenoxy) is 2. The van der Waals surface area contributed by atoms with Crippen molar-refractivity contribution < 1.29 is 22.6 Å². The zero-order chi connectivity index (χ0) is 20.1. The average molecular weight is 386 g/mol. The van der Waals surface area contributed by atoms with E-state index in [0.29, 0.717) is 28.7 Å². The molecule has 28 heavy (non-hydrogen) atoms. The maximum absolute atomic E-state index is 15.3. The van der Waals surface area contributed by atoms with Crippen LogP contribution in [0.25, 0.3) is 21.9 Å². The number of aryl methyl sites for hydroxylation is 1. The summed E-state index contributed by atoms with van der Waals surface area (Å²) in [7, 11) is 0. The predicted molar refractivity (Wildman–Crippen MR) is 106 cm³/mol. The van der Waals surface area contributed by atoms with Gasteiger partial charge in [0.1, 0.15) is 23.9 Å². The molecule has 5 heteroatoms. The Kier molecular flexibility index (Phi) is 6.24. The summed E-state index contributed by atoms with van der Waals surface area (Å²) in [5, 5.41) is 0.900. The van der Waals surface area contributed by atoms with Crippen LogP contribution >= 0.6 is 0 Å². The molecule has 0 aliphatic heterocycles. The molecule has 0 radical (unpaired) electrons. The number of rotatable bonds is 8. The fourth-order valence-corrected chi connectivity index (χ4v) is 3.16. The Balaban J connectivity index is 2.12. The molecule has 0 unspecified atom stereocenters. The van der Waals surface area contributed by atoms with Gasteiger partial charge >= 0.3 is 6.61 Å². The molecule has 3 rings (SSSR count). The maximum Gasteiger partial charge on any atom is 0.387 e. The molecule has 0 saturated heterocycles. The molecule has 0 spiro atoms. The molecule has 3 aromatic carbocycles. The molecular formula is C23H21F3O2. The molecule has 0 amide bonds. The van der Waals surface area contributed by atoms with Gasteiger partial charge in [0.05, 0.1) is 5.56 Å². The third-order valence-electron chi connectivity index (χ3n) is 4.37. The first-order valence-electron chi connectivity index (χ1n) is 9.07. The van der Waals surface area contributed by atoms with Gasteiger partial charge in [-0.25, -0.2) is 4.39 Å². The van der Waals surface area contributed by atoms with Crippen molar-refractivity contribution in [1.82, 2.24) is 0 Å². The lowest BCUT2D eigenvalue weighted by Gasteiger charge is -2.15. The molecular weight excluding hydrogens is 365 g/mol. The second kappa shape index (κ2) is 8.83. The Morgan fingerprint density at radius 3 is 2.46 bits per heavy atom. The monoisotopic (exact) mass is 386 g/mol. The number of alkyl halides is 2. The highest BCUT2D eigenvalue weighted by Crippen LogP contribution is 2.39. The summed E-state index contributed by atoms with van der Waals surface area (Å²) in [5.41, 5.74) is 1.46. The van der Waals surface area contributed by atoms with Crippen LogP contribution in [0.3, 0.4) is 0 Å². The zero-order valence-corrected chi connectivity index (χ0v) is 15.6. The van der Waals surface area contributed by atoms with Crippen LogP contribution in [0.1, 0.15) is 18.9 Å². The number of fused-ring (bicyclic) bond motifs is 1. The third-order valence-corrected chi connectivity index (χ3v) is 4.37. The van der Waals surface area contributed by atoms with Crippen LogP contribution in [-0.4, -0.2) is 13.2 Å². The quantitative estimate of drug-likeness (QED) is 0.398. The Morgan fingerprint density at radius 1 is 1.07 bits per heavy atom. The smallest absolute Gasteiger partial charge is 0.387 e. The topological polar surface area (TPSA) is 18.5 Å². The van der Waals surface area contributed by atoms with E-state index < -0.39 is 12.4 Å². The van der Waals surface area contributed by atoms with Crippen LogP contribution in [0.4, 0.5) is 13.2 Å². The summed E-state index contributed by atoms with van der Waals surface area (Å²) in [6.07, 6.45) is 3.38. The minimum atomic E-state index is -3.05. The molecule has 0 bridgehead atoms. The highest BCUT2D eigenvalue weighted by Gasteiger charge is 2.19. The standard InChI is InChI=1S/C23H21F3O2/c1-3-5-15-6-11-19-17(13-15)14-20(28-23(25)26)21(22(19)24)16-7-9-18(10-8-16)27-12-4-2/h4,6-11,13-14,23H,2-3,5,12H2,1H3. The highest BCUT2D eigenvalue weighted by atomic mass is 19.3. The van der Waals surface area contributed by atoms with Gasteiger partial charge in [-0.1, -0.05) is 56.3 Å². The molecule has 0 saturated carbocycles. The number of benzene rings is 3. The van der Waals surface area contributed by atoms with E-state index in [1.54, 1.807) is 36.4 Å². The molecule has 0 atom stereocenters. The second-order valence-corrected chi connectivity index (χ2v) is 6.37. The van der Waals surface area contributed by atoms with E-state index >= 15 is 4.39 Å². The van der Waals surface area contributed by atoms with Crippen LogP contribution in [0.5, 0.6) is 11.5 Å². The molecule has 146 valence electrons. The van der Waals surface area contributed by atoms with Crippen molar-refractivity contribution in [2.45, 2.75) is 26.4 Å². The van der Waals surface area contributed by atoms with Crippen molar-refractivity contribution in [1.29, 1.82) is 0 Å². The van der Waals surface area contributed by atoms with Gasteiger partial charge in [-0.15, -0.1) is 0 Å². The van der Waals surface area contributed by atoms with Crippen molar-refractivity contribution in [3.05, 3.63) is 72.6 Å². The summed E-state index contributed by atoms with van der Waals surface area (Å²) >= 11 is 0. The fraction of sp³-hybridized carbons (Fsp3) is 0.217. The Labute approximate surface area is 162 Å². The molecule has 0 N–H and O–H groups in total. The van der Waals surface area contributed by atoms with Crippen molar-refractivity contribution in [3.8, 4) is 22.6 Å². The summed E-state index contributed by atoms with van der Waals surface area (Å²) in [6.45, 7) is 2.90. The summed E-state index contributed by atoms with van der Waals surface area (Å²) in [6, 6.07) is 13.4. The summed E-state index contributed by atoms with van der Waals surface area (Å²) in [4.78, 5) is 0. The van der Waals surface area contributed by atoms with E-state index in [9.17, 15) is 8.78 Å². The Bertz CT molecular complexity index is 966. The third kappa shape index (κ3) is 4.30. The minimum Gasteiger partial charge on any atom is -0.490 e. The van der Waals surface area contributed by atoms with Crippen molar-refractivity contribution in [2.24, 2.45) is 0 Å². The number of hydrogen-bond donors (Lipinski definition) is 0. The van der Waals surface area contributed by atoms with Gasteiger partial charge in [0.2, 0.25) is 0 Å². The maximum atomic E-state index is 15.3. The highest BCUT2D eigenvalue weighted by molar-refractivity contribution is 5.92. The van der Waals surface area contributed by atoms with Crippen molar-refractivity contribution in [2.75, 3.05) is 6.61 Å². The van der Waals surface area contributed by atoms with E-state index in [4.69, 9.17) is 4.74 Å². The Hall–Kier alpha value is -2.95. The van der Waals surface area contributed by atoms with Gasteiger partial charge in [-0.2, -0.15) is 8.78 Å². The van der Waals surface area contributed by atoms with Crippen LogP contribution in [0, 0.1) is 5.82 Å². The summed E-state index contributed by atoms with van der Waals surface area (Å²) in [5.74, 6) is -0.199. The van der Waals surface area contributed by atoms with Gasteiger partial charge in [0.15, 0.2) is 0 Å². The fourth-order valence-electron chi connectivity index (χ4n) is 3.16. The van der Waals surface area contributed by atoms with Crippen molar-refractivity contribution >= 4 is 10.8 Å². The first kappa shape index (κ1) is 19.8. The normalized spacial score (nSPS) is 11.0. The van der Waals surface area contributed by atoms with Crippen LogP contribution in [0.2, 0.25) is 0 Å². The van der Waals surface area contributed by atoms with E-state index in [-0.39, 0.29) is 11.3 Å². The van der Waals surface area contributed by atoms with Crippen molar-refractivity contribution in [3.63, 3.8) is 0 Å². The molecule has 0 aliphatic carbocycles. The van der Waals surface area contributed by atoms with Crippen LogP contribution in [-0.2, 0) is 6.42 Å². The van der Waals surface area contributed by atoms with Crippen LogP contribution in [0.15, 0.2) is 61.2 Å². The first-order valence-corrected chi connectivity index (χ1v) is 9.07. The lowest BCUT2D eigenvalue weighted by atomic mass is 9.97. The first-order chi connectivity index (χ1) is 13.5. The van der Waals surface area contributed by atoms with Crippen LogP contribution < -0.4 is 9.47 Å².